The van der Waals surface area contributed by atoms with Crippen LogP contribution in [0.1, 0.15) is 36.3 Å². The molecule has 0 bridgehead atoms. The molecule has 0 aliphatic carbocycles. The third-order valence-corrected chi connectivity index (χ3v) is 4.66. The number of hydrogen-bond donors (Lipinski definition) is 1. The molecule has 24 heavy (non-hydrogen) atoms. The lowest BCUT2D eigenvalue weighted by atomic mass is 10.0. The average Bonchev–Trinajstić information content (AvgIpc) is 3.06. The molecule has 1 amide bonds. The van der Waals surface area contributed by atoms with Crippen LogP contribution >= 0.6 is 11.8 Å². The Morgan fingerprint density at radius 2 is 2.17 bits per heavy atom. The second kappa shape index (κ2) is 7.62. The van der Waals surface area contributed by atoms with Crippen molar-refractivity contribution in [1.29, 1.82) is 0 Å². The summed E-state index contributed by atoms with van der Waals surface area (Å²) in [5, 5.41) is 4.52. The Morgan fingerprint density at radius 1 is 1.33 bits per heavy atom. The summed E-state index contributed by atoms with van der Waals surface area (Å²) in [5.41, 5.74) is 3.77. The van der Waals surface area contributed by atoms with Crippen LogP contribution in [0.2, 0.25) is 0 Å². The van der Waals surface area contributed by atoms with Gasteiger partial charge in [0.1, 0.15) is 0 Å². The zero-order valence-electron chi connectivity index (χ0n) is 14.0. The monoisotopic (exact) mass is 339 g/mol. The van der Waals surface area contributed by atoms with Crippen molar-refractivity contribution >= 4 is 33.7 Å². The van der Waals surface area contributed by atoms with Crippen LogP contribution in [0.5, 0.6) is 0 Å². The number of nitrogens with one attached hydrogen (secondary N) is 1. The molecule has 0 atom stereocenters. The van der Waals surface area contributed by atoms with Crippen LogP contribution in [0.15, 0.2) is 47.0 Å². The van der Waals surface area contributed by atoms with Crippen molar-refractivity contribution in [3.63, 3.8) is 0 Å². The number of benzene rings is 1. The zero-order chi connectivity index (χ0) is 16.9. The third kappa shape index (κ3) is 4.03. The fourth-order valence-corrected chi connectivity index (χ4v) is 3.35. The van der Waals surface area contributed by atoms with Crippen LogP contribution in [-0.2, 0) is 6.42 Å². The summed E-state index contributed by atoms with van der Waals surface area (Å²) in [6.45, 7) is 4.95. The van der Waals surface area contributed by atoms with Gasteiger partial charge in [-0.15, -0.1) is 0 Å². The summed E-state index contributed by atoms with van der Waals surface area (Å²) >= 11 is 1.59. The van der Waals surface area contributed by atoms with Crippen molar-refractivity contribution in [3.8, 4) is 0 Å². The molecule has 0 saturated heterocycles. The quantitative estimate of drug-likeness (QED) is 0.858. The van der Waals surface area contributed by atoms with E-state index in [-0.39, 0.29) is 5.91 Å². The highest BCUT2D eigenvalue weighted by molar-refractivity contribution is 8.14. The van der Waals surface area contributed by atoms with Gasteiger partial charge in [-0.2, -0.15) is 0 Å². The minimum absolute atomic E-state index is 0.106. The molecule has 0 saturated carbocycles. The Hall–Kier alpha value is -2.14. The van der Waals surface area contributed by atoms with E-state index >= 15 is 0 Å². The van der Waals surface area contributed by atoms with Crippen molar-refractivity contribution in [2.75, 3.05) is 12.3 Å². The number of pyridine rings is 1. The number of hydrogen-bond acceptors (Lipinski definition) is 4. The SMILES string of the molecule is CC(C)=CCCc1cc(C(=O)NC2=NCCS2)c2ccccc2n1. The van der Waals surface area contributed by atoms with Gasteiger partial charge < -0.3 is 5.32 Å². The zero-order valence-corrected chi connectivity index (χ0v) is 14.8. The van der Waals surface area contributed by atoms with Crippen LogP contribution in [0.4, 0.5) is 0 Å². The number of aryl methyl sites for hydroxylation is 1. The second-order valence-corrected chi connectivity index (χ2v) is 7.07. The van der Waals surface area contributed by atoms with E-state index < -0.39 is 0 Å². The van der Waals surface area contributed by atoms with Crippen molar-refractivity contribution in [1.82, 2.24) is 10.3 Å². The first-order valence-electron chi connectivity index (χ1n) is 8.14. The summed E-state index contributed by atoms with van der Waals surface area (Å²) < 4.78 is 0. The number of amides is 1. The molecule has 1 aliphatic heterocycles. The summed E-state index contributed by atoms with van der Waals surface area (Å²) in [5.74, 6) is 0.825. The molecular formula is C19H21N3OS. The van der Waals surface area contributed by atoms with E-state index in [1.54, 1.807) is 11.8 Å². The number of aliphatic imine (C=N–C) groups is 1. The Morgan fingerprint density at radius 3 is 2.92 bits per heavy atom. The molecule has 2 heterocycles. The van der Waals surface area contributed by atoms with Crippen LogP contribution < -0.4 is 5.32 Å². The third-order valence-electron chi connectivity index (χ3n) is 3.77. The van der Waals surface area contributed by atoms with Gasteiger partial charge in [0.15, 0.2) is 5.17 Å². The lowest BCUT2D eigenvalue weighted by Gasteiger charge is -2.10. The standard InChI is InChI=1S/C19H21N3OS/c1-13(2)6-5-7-14-12-16(15-8-3-4-9-17(15)21-14)18(23)22-19-20-10-11-24-19/h3-4,6,8-9,12H,5,7,10-11H2,1-2H3,(H,20,22,23). The van der Waals surface area contributed by atoms with Gasteiger partial charge in [0.05, 0.1) is 17.6 Å². The highest BCUT2D eigenvalue weighted by Crippen LogP contribution is 2.20. The Bertz CT molecular complexity index is 822. The van der Waals surface area contributed by atoms with E-state index in [9.17, 15) is 4.79 Å². The molecule has 2 aromatic rings. The number of carbonyl (C=O) groups excluding carboxylic acids is 1. The topological polar surface area (TPSA) is 54.4 Å². The van der Waals surface area contributed by atoms with E-state index in [1.165, 1.54) is 5.57 Å². The fourth-order valence-electron chi connectivity index (χ4n) is 2.63. The Labute approximate surface area is 146 Å². The van der Waals surface area contributed by atoms with E-state index in [0.717, 1.165) is 41.7 Å². The summed E-state index contributed by atoms with van der Waals surface area (Å²) in [4.78, 5) is 21.7. The van der Waals surface area contributed by atoms with Crippen LogP contribution in [-0.4, -0.2) is 28.4 Å². The molecule has 1 N–H and O–H groups in total. The summed E-state index contributed by atoms with van der Waals surface area (Å²) in [6, 6.07) is 9.70. The van der Waals surface area contributed by atoms with E-state index in [1.807, 2.05) is 30.3 Å². The lowest BCUT2D eigenvalue weighted by Crippen LogP contribution is -2.27. The molecule has 4 nitrogen and oxygen atoms in total. The predicted molar refractivity (Wildman–Crippen MR) is 102 cm³/mol. The smallest absolute Gasteiger partial charge is 0.257 e. The highest BCUT2D eigenvalue weighted by atomic mass is 32.2. The molecule has 1 aromatic carbocycles. The van der Waals surface area contributed by atoms with Gasteiger partial charge in [-0.25, -0.2) is 0 Å². The number of fused-ring (bicyclic) bond motifs is 1. The molecule has 0 unspecified atom stereocenters. The molecule has 5 heteroatoms. The van der Waals surface area contributed by atoms with Crippen LogP contribution in [0.3, 0.4) is 0 Å². The maximum absolute atomic E-state index is 12.7. The fraction of sp³-hybridized carbons (Fsp3) is 0.316. The Balaban J connectivity index is 1.91. The number of thioether (sulfide) groups is 1. The molecule has 3 rings (SSSR count). The van der Waals surface area contributed by atoms with Gasteiger partial charge >= 0.3 is 0 Å². The number of aromatic nitrogens is 1. The van der Waals surface area contributed by atoms with E-state index in [0.29, 0.717) is 10.7 Å². The second-order valence-electron chi connectivity index (χ2n) is 5.99. The van der Waals surface area contributed by atoms with Gasteiger partial charge in [0, 0.05) is 16.8 Å². The number of carbonyl (C=O) groups is 1. The maximum Gasteiger partial charge on any atom is 0.257 e. The Kier molecular flexibility index (Phi) is 5.30. The molecule has 0 spiro atoms. The minimum Gasteiger partial charge on any atom is -0.301 e. The first-order valence-corrected chi connectivity index (χ1v) is 9.12. The number of para-hydroxylation sites is 1. The molecule has 1 aliphatic rings. The largest absolute Gasteiger partial charge is 0.301 e. The van der Waals surface area contributed by atoms with Crippen molar-refractivity contribution < 1.29 is 4.79 Å². The van der Waals surface area contributed by atoms with E-state index in [2.05, 4.69) is 30.2 Å². The van der Waals surface area contributed by atoms with Crippen molar-refractivity contribution in [3.05, 3.63) is 53.2 Å². The maximum atomic E-state index is 12.7. The molecule has 124 valence electrons. The van der Waals surface area contributed by atoms with Crippen molar-refractivity contribution in [2.45, 2.75) is 26.7 Å². The lowest BCUT2D eigenvalue weighted by molar-refractivity contribution is 0.0979. The number of rotatable bonds is 4. The van der Waals surface area contributed by atoms with Gasteiger partial charge in [0.25, 0.3) is 5.91 Å². The molecule has 0 radical (unpaired) electrons. The minimum atomic E-state index is -0.106. The van der Waals surface area contributed by atoms with Crippen molar-refractivity contribution in [2.24, 2.45) is 4.99 Å². The first kappa shape index (κ1) is 16.7. The van der Waals surface area contributed by atoms with Crippen LogP contribution in [0.25, 0.3) is 10.9 Å². The van der Waals surface area contributed by atoms with Gasteiger partial charge in [0.2, 0.25) is 0 Å². The molecule has 0 fully saturated rings. The van der Waals surface area contributed by atoms with Gasteiger partial charge in [-0.1, -0.05) is 41.6 Å². The normalized spacial score (nSPS) is 13.7. The summed E-state index contributed by atoms with van der Waals surface area (Å²) in [7, 11) is 0. The van der Waals surface area contributed by atoms with Gasteiger partial charge in [-0.3, -0.25) is 14.8 Å². The van der Waals surface area contributed by atoms with E-state index in [4.69, 9.17) is 4.98 Å². The first-order chi connectivity index (χ1) is 11.6. The average molecular weight is 339 g/mol. The van der Waals surface area contributed by atoms with Crippen LogP contribution in [0, 0.1) is 0 Å². The number of amidine groups is 1. The predicted octanol–water partition coefficient (Wildman–Crippen LogP) is 3.97. The number of allylic oxidation sites excluding steroid dienone is 2. The molecular weight excluding hydrogens is 318 g/mol. The van der Waals surface area contributed by atoms with Gasteiger partial charge in [-0.05, 0) is 38.8 Å². The summed E-state index contributed by atoms with van der Waals surface area (Å²) in [6.07, 6.45) is 3.95. The number of nitrogens with zero attached hydrogens (tertiary/aromatic N) is 2. The molecule has 1 aromatic heterocycles. The highest BCUT2D eigenvalue weighted by Gasteiger charge is 2.16.